The molecule has 108 valence electrons. The van der Waals surface area contributed by atoms with Gasteiger partial charge in [0.2, 0.25) is 15.9 Å². The zero-order valence-corrected chi connectivity index (χ0v) is 11.4. The van der Waals surface area contributed by atoms with Crippen LogP contribution in [0.25, 0.3) is 0 Å². The Labute approximate surface area is 111 Å². The minimum atomic E-state index is -4.47. The van der Waals surface area contributed by atoms with E-state index in [0.29, 0.717) is 9.78 Å². The van der Waals surface area contributed by atoms with Crippen LogP contribution in [0, 0.1) is 0 Å². The number of carbonyl (C=O) groups is 1. The first-order valence-electron chi connectivity index (χ1n) is 4.91. The molecule has 0 atom stereocenters. The number of hydrogen-bond acceptors (Lipinski definition) is 4. The van der Waals surface area contributed by atoms with Crippen LogP contribution in [0.4, 0.5) is 13.2 Å². The highest BCUT2D eigenvalue weighted by atomic mass is 32.2. The number of hydrogen-bond donors (Lipinski definition) is 1. The lowest BCUT2D eigenvalue weighted by atomic mass is 10.3. The van der Waals surface area contributed by atoms with E-state index in [9.17, 15) is 26.4 Å². The quantitative estimate of drug-likeness (QED) is 0.898. The molecule has 0 aliphatic carbocycles. The summed E-state index contributed by atoms with van der Waals surface area (Å²) >= 11 is 0.762. The Morgan fingerprint density at radius 1 is 1.42 bits per heavy atom. The molecule has 1 rings (SSSR count). The number of primary sulfonamides is 1. The van der Waals surface area contributed by atoms with Gasteiger partial charge in [-0.05, 0) is 12.1 Å². The molecule has 0 aromatic carbocycles. The zero-order chi connectivity index (χ0) is 14.8. The Kier molecular flexibility index (Phi) is 4.59. The molecule has 10 heteroatoms. The van der Waals surface area contributed by atoms with Crippen LogP contribution in [-0.2, 0) is 21.2 Å². The highest BCUT2D eigenvalue weighted by molar-refractivity contribution is 7.91. The van der Waals surface area contributed by atoms with Gasteiger partial charge in [0.15, 0.2) is 0 Å². The fourth-order valence-electron chi connectivity index (χ4n) is 1.25. The number of amides is 1. The molecule has 2 N–H and O–H groups in total. The SMILES string of the molecule is CN(CC(F)(F)F)C(=O)Cc1ccc(S(N)(=O)=O)s1. The van der Waals surface area contributed by atoms with Crippen molar-refractivity contribution >= 4 is 27.3 Å². The topological polar surface area (TPSA) is 80.5 Å². The highest BCUT2D eigenvalue weighted by Crippen LogP contribution is 2.22. The number of sulfonamides is 1. The van der Waals surface area contributed by atoms with Crippen molar-refractivity contribution in [1.29, 1.82) is 0 Å². The molecule has 0 aliphatic rings. The summed E-state index contributed by atoms with van der Waals surface area (Å²) in [4.78, 5) is 12.4. The zero-order valence-electron chi connectivity index (χ0n) is 9.77. The smallest absolute Gasteiger partial charge is 0.336 e. The Morgan fingerprint density at radius 2 is 2.00 bits per heavy atom. The summed E-state index contributed by atoms with van der Waals surface area (Å²) in [5, 5.41) is 4.88. The molecule has 0 fully saturated rings. The molecule has 0 radical (unpaired) electrons. The molecule has 1 aromatic heterocycles. The van der Waals surface area contributed by atoms with Crippen LogP contribution in [0.3, 0.4) is 0 Å². The maximum absolute atomic E-state index is 12.1. The van der Waals surface area contributed by atoms with Gasteiger partial charge >= 0.3 is 6.18 Å². The van der Waals surface area contributed by atoms with E-state index in [1.54, 1.807) is 0 Å². The summed E-state index contributed by atoms with van der Waals surface area (Å²) in [6, 6.07) is 2.57. The maximum atomic E-state index is 12.1. The van der Waals surface area contributed by atoms with Crippen molar-refractivity contribution in [2.24, 2.45) is 5.14 Å². The van der Waals surface area contributed by atoms with E-state index in [4.69, 9.17) is 5.14 Å². The average molecular weight is 316 g/mol. The molecular formula is C9H11F3N2O3S2. The molecule has 1 amide bonds. The van der Waals surface area contributed by atoms with E-state index >= 15 is 0 Å². The highest BCUT2D eigenvalue weighted by Gasteiger charge is 2.31. The van der Waals surface area contributed by atoms with Crippen molar-refractivity contribution in [1.82, 2.24) is 4.90 Å². The lowest BCUT2D eigenvalue weighted by Crippen LogP contribution is -2.36. The lowest BCUT2D eigenvalue weighted by Gasteiger charge is -2.18. The van der Waals surface area contributed by atoms with Gasteiger partial charge in [0.25, 0.3) is 0 Å². The predicted octanol–water partition coefficient (Wildman–Crippen LogP) is 0.959. The first-order chi connectivity index (χ1) is 8.49. The number of nitrogens with two attached hydrogens (primary N) is 1. The summed E-state index contributed by atoms with van der Waals surface area (Å²) in [6.45, 7) is -1.35. The summed E-state index contributed by atoms with van der Waals surface area (Å²) in [7, 11) is -2.82. The Balaban J connectivity index is 2.70. The number of rotatable bonds is 4. The van der Waals surface area contributed by atoms with Gasteiger partial charge in [-0.1, -0.05) is 0 Å². The first kappa shape index (κ1) is 15.9. The van der Waals surface area contributed by atoms with Crippen LogP contribution in [0.15, 0.2) is 16.3 Å². The van der Waals surface area contributed by atoms with Crippen LogP contribution in [0.2, 0.25) is 0 Å². The molecular weight excluding hydrogens is 305 g/mol. The van der Waals surface area contributed by atoms with Crippen LogP contribution in [0.1, 0.15) is 4.88 Å². The summed E-state index contributed by atoms with van der Waals surface area (Å²) < 4.78 is 58.1. The minimum Gasteiger partial charge on any atom is -0.336 e. The maximum Gasteiger partial charge on any atom is 0.406 e. The predicted molar refractivity (Wildman–Crippen MR) is 63.1 cm³/mol. The van der Waals surface area contributed by atoms with Crippen LogP contribution < -0.4 is 5.14 Å². The summed E-state index contributed by atoms with van der Waals surface area (Å²) in [5.41, 5.74) is 0. The molecule has 0 unspecified atom stereocenters. The van der Waals surface area contributed by atoms with Crippen LogP contribution in [-0.4, -0.2) is 39.0 Å². The van der Waals surface area contributed by atoms with E-state index in [0.717, 1.165) is 18.4 Å². The fraction of sp³-hybridized carbons (Fsp3) is 0.444. The second kappa shape index (κ2) is 5.47. The number of nitrogens with zero attached hydrogens (tertiary/aromatic N) is 1. The normalized spacial score (nSPS) is 12.5. The largest absolute Gasteiger partial charge is 0.406 e. The Bertz CT molecular complexity index is 566. The van der Waals surface area contributed by atoms with Crippen LogP contribution >= 0.6 is 11.3 Å². The van der Waals surface area contributed by atoms with Gasteiger partial charge in [-0.3, -0.25) is 4.79 Å². The lowest BCUT2D eigenvalue weighted by molar-refractivity contribution is -0.157. The molecule has 0 saturated heterocycles. The Morgan fingerprint density at radius 3 is 2.42 bits per heavy atom. The third-order valence-corrected chi connectivity index (χ3v) is 4.61. The second-order valence-electron chi connectivity index (χ2n) is 3.81. The van der Waals surface area contributed by atoms with Crippen molar-refractivity contribution < 1.29 is 26.4 Å². The van der Waals surface area contributed by atoms with Gasteiger partial charge in [0.05, 0.1) is 6.42 Å². The molecule has 0 saturated carbocycles. The molecule has 0 aliphatic heterocycles. The molecule has 1 heterocycles. The number of alkyl halides is 3. The van der Waals surface area contributed by atoms with Crippen molar-refractivity contribution in [3.63, 3.8) is 0 Å². The number of likely N-dealkylation sites (N-methyl/N-ethyl adjacent to an activating group) is 1. The van der Waals surface area contributed by atoms with Gasteiger partial charge in [-0.15, -0.1) is 11.3 Å². The Hall–Kier alpha value is -1.13. The standard InChI is InChI=1S/C9H11F3N2O3S2/c1-14(5-9(10,11)12)7(15)4-6-2-3-8(18-6)19(13,16)17/h2-3H,4-5H2,1H3,(H2,13,16,17). The molecule has 0 bridgehead atoms. The van der Waals surface area contributed by atoms with E-state index in [1.165, 1.54) is 12.1 Å². The van der Waals surface area contributed by atoms with Crippen molar-refractivity contribution in [2.75, 3.05) is 13.6 Å². The van der Waals surface area contributed by atoms with Crippen molar-refractivity contribution in [3.05, 3.63) is 17.0 Å². The van der Waals surface area contributed by atoms with Gasteiger partial charge < -0.3 is 4.90 Å². The third kappa shape index (κ3) is 5.17. The van der Waals surface area contributed by atoms with E-state index in [1.807, 2.05) is 0 Å². The van der Waals surface area contributed by atoms with E-state index < -0.39 is 28.7 Å². The number of carbonyl (C=O) groups excluding carboxylic acids is 1. The molecule has 5 nitrogen and oxygen atoms in total. The fourth-order valence-corrected chi connectivity index (χ4v) is 3.02. The summed E-state index contributed by atoms with van der Waals surface area (Å²) in [6.07, 6.45) is -4.77. The second-order valence-corrected chi connectivity index (χ2v) is 6.76. The third-order valence-electron chi connectivity index (χ3n) is 2.09. The van der Waals surface area contributed by atoms with E-state index in [-0.39, 0.29) is 10.6 Å². The first-order valence-corrected chi connectivity index (χ1v) is 7.27. The van der Waals surface area contributed by atoms with Gasteiger partial charge in [0, 0.05) is 11.9 Å². The molecule has 0 spiro atoms. The van der Waals surface area contributed by atoms with Crippen LogP contribution in [0.5, 0.6) is 0 Å². The minimum absolute atomic E-state index is 0.131. The number of halogens is 3. The van der Waals surface area contributed by atoms with Crippen molar-refractivity contribution in [2.45, 2.75) is 16.8 Å². The molecule has 19 heavy (non-hydrogen) atoms. The van der Waals surface area contributed by atoms with Gasteiger partial charge in [0.1, 0.15) is 10.8 Å². The van der Waals surface area contributed by atoms with E-state index in [2.05, 4.69) is 0 Å². The van der Waals surface area contributed by atoms with Gasteiger partial charge in [-0.2, -0.15) is 13.2 Å². The van der Waals surface area contributed by atoms with Crippen molar-refractivity contribution in [3.8, 4) is 0 Å². The average Bonchev–Trinajstić information content (AvgIpc) is 2.62. The molecule has 1 aromatic rings. The van der Waals surface area contributed by atoms with Gasteiger partial charge in [-0.25, -0.2) is 13.6 Å². The summed E-state index contributed by atoms with van der Waals surface area (Å²) in [5.74, 6) is -0.750. The number of thiophene rings is 1. The monoisotopic (exact) mass is 316 g/mol.